The summed E-state index contributed by atoms with van der Waals surface area (Å²) in [5, 5.41) is 11.3. The van der Waals surface area contributed by atoms with Crippen LogP contribution in [0.3, 0.4) is 0 Å². The van der Waals surface area contributed by atoms with E-state index >= 15 is 0 Å². The zero-order chi connectivity index (χ0) is 16.9. The Morgan fingerprint density at radius 2 is 1.67 bits per heavy atom. The van der Waals surface area contributed by atoms with E-state index in [1.165, 1.54) is 0 Å². The topological polar surface area (TPSA) is 40.5 Å². The standard InChI is InChI=1S/C21H21NO2/c1-15-8-6-7-11-17(15)22-18(14-16-9-4-3-5-10-16)20(2,24)21(12-13-21)19(22)23/h3-11,14,24H,12-13H2,1-2H3/b18-14-. The summed E-state index contributed by atoms with van der Waals surface area (Å²) >= 11 is 0. The molecule has 1 saturated carbocycles. The number of amides is 1. The first-order valence-electron chi connectivity index (χ1n) is 8.37. The van der Waals surface area contributed by atoms with Crippen molar-refractivity contribution in [3.8, 4) is 0 Å². The van der Waals surface area contributed by atoms with Crippen molar-refractivity contribution in [1.29, 1.82) is 0 Å². The molecule has 1 aliphatic carbocycles. The Morgan fingerprint density at radius 1 is 1.04 bits per heavy atom. The summed E-state index contributed by atoms with van der Waals surface area (Å²) in [6.07, 6.45) is 3.43. The number of hydrogen-bond acceptors (Lipinski definition) is 2. The molecule has 2 aromatic rings. The monoisotopic (exact) mass is 319 g/mol. The van der Waals surface area contributed by atoms with E-state index < -0.39 is 11.0 Å². The van der Waals surface area contributed by atoms with Crippen LogP contribution in [0.25, 0.3) is 6.08 Å². The Labute approximate surface area is 142 Å². The normalized spacial score (nSPS) is 26.4. The molecular weight excluding hydrogens is 298 g/mol. The largest absolute Gasteiger partial charge is 0.383 e. The van der Waals surface area contributed by atoms with Crippen LogP contribution in [0.15, 0.2) is 60.3 Å². The molecule has 2 fully saturated rings. The highest BCUT2D eigenvalue weighted by Crippen LogP contribution is 2.63. The molecule has 1 spiro atoms. The Hall–Kier alpha value is -2.39. The molecule has 1 amide bonds. The van der Waals surface area contributed by atoms with Gasteiger partial charge in [0.15, 0.2) is 0 Å². The van der Waals surface area contributed by atoms with Crippen LogP contribution in [-0.2, 0) is 4.79 Å². The van der Waals surface area contributed by atoms with Crippen LogP contribution in [0.1, 0.15) is 30.9 Å². The summed E-state index contributed by atoms with van der Waals surface area (Å²) in [6.45, 7) is 3.78. The molecule has 24 heavy (non-hydrogen) atoms. The van der Waals surface area contributed by atoms with Gasteiger partial charge in [0.25, 0.3) is 0 Å². The number of aryl methyl sites for hydroxylation is 1. The summed E-state index contributed by atoms with van der Waals surface area (Å²) in [5.74, 6) is 0.0176. The Bertz CT molecular complexity index is 832. The van der Waals surface area contributed by atoms with Crippen molar-refractivity contribution in [2.24, 2.45) is 5.41 Å². The van der Waals surface area contributed by atoms with Gasteiger partial charge in [0, 0.05) is 0 Å². The molecule has 3 heteroatoms. The van der Waals surface area contributed by atoms with E-state index in [0.29, 0.717) is 5.70 Å². The van der Waals surface area contributed by atoms with Crippen molar-refractivity contribution in [3.63, 3.8) is 0 Å². The summed E-state index contributed by atoms with van der Waals surface area (Å²) < 4.78 is 0. The third kappa shape index (κ3) is 1.98. The molecule has 2 aliphatic rings. The predicted octanol–water partition coefficient (Wildman–Crippen LogP) is 3.91. The highest BCUT2D eigenvalue weighted by Gasteiger charge is 2.70. The first-order chi connectivity index (χ1) is 11.5. The Balaban J connectivity index is 1.91. The van der Waals surface area contributed by atoms with Crippen LogP contribution < -0.4 is 4.90 Å². The molecule has 1 atom stereocenters. The highest BCUT2D eigenvalue weighted by atomic mass is 16.3. The van der Waals surface area contributed by atoms with Crippen LogP contribution in [0.4, 0.5) is 5.69 Å². The van der Waals surface area contributed by atoms with E-state index in [-0.39, 0.29) is 5.91 Å². The molecular formula is C21H21NO2. The quantitative estimate of drug-likeness (QED) is 0.911. The molecule has 0 bridgehead atoms. The van der Waals surface area contributed by atoms with E-state index in [1.54, 1.807) is 11.8 Å². The first kappa shape index (κ1) is 15.2. The van der Waals surface area contributed by atoms with Gasteiger partial charge in [-0.2, -0.15) is 0 Å². The SMILES string of the molecule is Cc1ccccc1N1C(=O)C2(CC2)C(C)(O)/C1=C/c1ccccc1. The van der Waals surface area contributed by atoms with Gasteiger partial charge in [0.2, 0.25) is 5.91 Å². The van der Waals surface area contributed by atoms with Crippen molar-refractivity contribution in [2.45, 2.75) is 32.3 Å². The van der Waals surface area contributed by atoms with Gasteiger partial charge < -0.3 is 5.11 Å². The summed E-state index contributed by atoms with van der Waals surface area (Å²) in [5.41, 5.74) is 1.73. The highest BCUT2D eigenvalue weighted by molar-refractivity contribution is 6.09. The van der Waals surface area contributed by atoms with E-state index in [2.05, 4.69) is 0 Å². The molecule has 1 saturated heterocycles. The number of aliphatic hydroxyl groups is 1. The first-order valence-corrected chi connectivity index (χ1v) is 8.37. The molecule has 1 aliphatic heterocycles. The van der Waals surface area contributed by atoms with Gasteiger partial charge in [0.05, 0.1) is 16.8 Å². The Kier molecular flexibility index (Phi) is 3.19. The second-order valence-corrected chi connectivity index (χ2v) is 7.02. The molecule has 0 aromatic heterocycles. The second-order valence-electron chi connectivity index (χ2n) is 7.02. The van der Waals surface area contributed by atoms with E-state index in [0.717, 1.165) is 29.7 Å². The average Bonchev–Trinajstić information content (AvgIpc) is 3.36. The fourth-order valence-corrected chi connectivity index (χ4v) is 3.79. The maximum Gasteiger partial charge on any atom is 0.240 e. The minimum atomic E-state index is -1.15. The molecule has 1 unspecified atom stereocenters. The van der Waals surface area contributed by atoms with Crippen molar-refractivity contribution < 1.29 is 9.90 Å². The van der Waals surface area contributed by atoms with Crippen LogP contribution in [-0.4, -0.2) is 16.6 Å². The summed E-state index contributed by atoms with van der Waals surface area (Å²) in [4.78, 5) is 14.9. The zero-order valence-corrected chi connectivity index (χ0v) is 14.0. The molecule has 122 valence electrons. The number of carbonyl (C=O) groups excluding carboxylic acids is 1. The minimum absolute atomic E-state index is 0.0176. The maximum absolute atomic E-state index is 13.2. The van der Waals surface area contributed by atoms with E-state index in [9.17, 15) is 9.90 Å². The molecule has 4 rings (SSSR count). The average molecular weight is 319 g/mol. The molecule has 2 aromatic carbocycles. The number of rotatable bonds is 2. The van der Waals surface area contributed by atoms with Gasteiger partial charge in [-0.25, -0.2) is 0 Å². The van der Waals surface area contributed by atoms with E-state index in [4.69, 9.17) is 0 Å². The third-order valence-corrected chi connectivity index (χ3v) is 5.49. The summed E-state index contributed by atoms with van der Waals surface area (Å²) in [7, 11) is 0. The van der Waals surface area contributed by atoms with Gasteiger partial charge in [-0.3, -0.25) is 9.69 Å². The smallest absolute Gasteiger partial charge is 0.240 e. The number of para-hydroxylation sites is 1. The lowest BCUT2D eigenvalue weighted by atomic mass is 9.86. The molecule has 1 N–H and O–H groups in total. The van der Waals surface area contributed by atoms with Crippen LogP contribution in [0, 0.1) is 12.3 Å². The number of anilines is 1. The van der Waals surface area contributed by atoms with E-state index in [1.807, 2.05) is 67.6 Å². The molecule has 1 heterocycles. The fraction of sp³-hybridized carbons (Fsp3) is 0.286. The van der Waals surface area contributed by atoms with Crippen molar-refractivity contribution in [1.82, 2.24) is 0 Å². The number of hydrogen-bond donors (Lipinski definition) is 1. The minimum Gasteiger partial charge on any atom is -0.383 e. The van der Waals surface area contributed by atoms with Crippen molar-refractivity contribution in [2.75, 3.05) is 4.90 Å². The second kappa shape index (κ2) is 5.05. The molecule has 3 nitrogen and oxygen atoms in total. The third-order valence-electron chi connectivity index (χ3n) is 5.49. The van der Waals surface area contributed by atoms with Gasteiger partial charge in [-0.1, -0.05) is 48.5 Å². The van der Waals surface area contributed by atoms with Gasteiger partial charge >= 0.3 is 0 Å². The Morgan fingerprint density at radius 3 is 2.29 bits per heavy atom. The van der Waals surface area contributed by atoms with Crippen molar-refractivity contribution >= 4 is 17.7 Å². The maximum atomic E-state index is 13.2. The summed E-state index contributed by atoms with van der Waals surface area (Å²) in [6, 6.07) is 17.7. The fourth-order valence-electron chi connectivity index (χ4n) is 3.79. The van der Waals surface area contributed by atoms with Crippen molar-refractivity contribution in [3.05, 3.63) is 71.4 Å². The van der Waals surface area contributed by atoms with Crippen LogP contribution in [0.5, 0.6) is 0 Å². The van der Waals surface area contributed by atoms with Crippen LogP contribution >= 0.6 is 0 Å². The lowest BCUT2D eigenvalue weighted by Gasteiger charge is -2.26. The number of carbonyl (C=O) groups is 1. The van der Waals surface area contributed by atoms with Crippen LogP contribution in [0.2, 0.25) is 0 Å². The lowest BCUT2D eigenvalue weighted by molar-refractivity contribution is -0.125. The zero-order valence-electron chi connectivity index (χ0n) is 14.0. The number of benzene rings is 2. The predicted molar refractivity (Wildman–Crippen MR) is 95.4 cm³/mol. The number of nitrogens with zero attached hydrogens (tertiary/aromatic N) is 1. The molecule has 0 radical (unpaired) electrons. The van der Waals surface area contributed by atoms with Gasteiger partial charge in [-0.15, -0.1) is 0 Å². The lowest BCUT2D eigenvalue weighted by Crippen LogP contribution is -2.35. The van der Waals surface area contributed by atoms with Gasteiger partial charge in [0.1, 0.15) is 5.60 Å². The van der Waals surface area contributed by atoms with Gasteiger partial charge in [-0.05, 0) is 50.0 Å².